The first-order valence-corrected chi connectivity index (χ1v) is 10.8. The Bertz CT molecular complexity index is 903. The molecule has 5 heteroatoms. The molecule has 1 heterocycles. The Hall–Kier alpha value is -1.91. The monoisotopic (exact) mass is 411 g/mol. The van der Waals surface area contributed by atoms with Gasteiger partial charge in [-0.25, -0.2) is 4.99 Å². The van der Waals surface area contributed by atoms with Gasteiger partial charge in [-0.05, 0) is 62.2 Å². The number of nitrogens with zero attached hydrogens (tertiary/aromatic N) is 2. The first-order chi connectivity index (χ1) is 13.5. The van der Waals surface area contributed by atoms with Crippen molar-refractivity contribution in [3.05, 3.63) is 64.7 Å². The highest BCUT2D eigenvalue weighted by Gasteiger charge is 2.50. The molecule has 0 aromatic heterocycles. The largest absolute Gasteiger partial charge is 0.341 e. The lowest BCUT2D eigenvalue weighted by atomic mass is 9.78. The second-order valence-electron chi connectivity index (χ2n) is 7.88. The van der Waals surface area contributed by atoms with E-state index in [0.29, 0.717) is 5.11 Å². The van der Waals surface area contributed by atoms with Crippen LogP contribution in [-0.4, -0.2) is 21.4 Å². The van der Waals surface area contributed by atoms with E-state index in [1.54, 1.807) is 0 Å². The van der Waals surface area contributed by atoms with Crippen LogP contribution in [0.2, 0.25) is 5.02 Å². The smallest absolute Gasteiger partial charge is 0.198 e. The van der Waals surface area contributed by atoms with E-state index in [1.165, 1.54) is 24.8 Å². The second kappa shape index (κ2) is 7.84. The zero-order valence-corrected chi connectivity index (χ0v) is 18.0. The fraction of sp³-hybridized carbons (Fsp3) is 0.391. The highest BCUT2D eigenvalue weighted by Crippen LogP contribution is 2.44. The standard InChI is InChI=1S/C23H26ClN3S/c1-16-11-12-19(24)15-20(16)25-21-23(13-7-4-8-14-23)27(22(28)26-21)17(2)18-9-5-3-6-10-18/h3,5-6,9-12,15,17H,4,7-8,13-14H2,1-2H3,(H,25,26,28). The van der Waals surface area contributed by atoms with Gasteiger partial charge in [0.1, 0.15) is 11.4 Å². The van der Waals surface area contributed by atoms with Crippen molar-refractivity contribution in [2.24, 2.45) is 4.99 Å². The van der Waals surface area contributed by atoms with Crippen LogP contribution in [0.3, 0.4) is 0 Å². The lowest BCUT2D eigenvalue weighted by molar-refractivity contribution is 0.159. The van der Waals surface area contributed by atoms with Crippen LogP contribution in [0, 0.1) is 6.92 Å². The summed E-state index contributed by atoms with van der Waals surface area (Å²) >= 11 is 12.0. The van der Waals surface area contributed by atoms with E-state index in [1.807, 2.05) is 18.2 Å². The molecule has 1 unspecified atom stereocenters. The van der Waals surface area contributed by atoms with E-state index in [9.17, 15) is 0 Å². The number of aryl methyl sites for hydroxylation is 1. The first kappa shape index (κ1) is 19.4. The molecule has 0 bridgehead atoms. The number of hydrogen-bond acceptors (Lipinski definition) is 2. The average molecular weight is 412 g/mol. The predicted octanol–water partition coefficient (Wildman–Crippen LogP) is 6.52. The van der Waals surface area contributed by atoms with Crippen LogP contribution in [0.15, 0.2) is 53.5 Å². The number of rotatable bonds is 3. The highest BCUT2D eigenvalue weighted by molar-refractivity contribution is 7.80. The summed E-state index contributed by atoms with van der Waals surface area (Å²) in [7, 11) is 0. The zero-order valence-electron chi connectivity index (χ0n) is 16.4. The number of aliphatic imine (C=N–C) groups is 1. The van der Waals surface area contributed by atoms with Crippen LogP contribution in [0.4, 0.5) is 5.69 Å². The number of halogens is 1. The molecule has 2 aromatic rings. The molecule has 0 amide bonds. The highest BCUT2D eigenvalue weighted by atomic mass is 35.5. The van der Waals surface area contributed by atoms with Crippen LogP contribution in [0.1, 0.15) is 56.2 Å². The van der Waals surface area contributed by atoms with Crippen molar-refractivity contribution in [2.75, 3.05) is 5.32 Å². The van der Waals surface area contributed by atoms with Crippen molar-refractivity contribution < 1.29 is 0 Å². The molecule has 4 rings (SSSR count). The van der Waals surface area contributed by atoms with Crippen molar-refractivity contribution in [3.63, 3.8) is 0 Å². The van der Waals surface area contributed by atoms with Gasteiger partial charge in [0, 0.05) is 10.7 Å². The van der Waals surface area contributed by atoms with Crippen LogP contribution in [-0.2, 0) is 0 Å². The normalized spacial score (nSPS) is 19.6. The molecule has 0 radical (unpaired) electrons. The fourth-order valence-corrected chi connectivity index (χ4v) is 5.18. The minimum Gasteiger partial charge on any atom is -0.341 e. The lowest BCUT2D eigenvalue weighted by Gasteiger charge is -2.46. The van der Waals surface area contributed by atoms with E-state index >= 15 is 0 Å². The van der Waals surface area contributed by atoms with Crippen LogP contribution >= 0.6 is 23.8 Å². The van der Waals surface area contributed by atoms with Crippen LogP contribution in [0.25, 0.3) is 0 Å². The number of anilines is 1. The summed E-state index contributed by atoms with van der Waals surface area (Å²) in [4.78, 5) is 7.25. The van der Waals surface area contributed by atoms with Gasteiger partial charge in [-0.1, -0.05) is 67.3 Å². The van der Waals surface area contributed by atoms with Crippen LogP contribution < -0.4 is 5.32 Å². The summed E-state index contributed by atoms with van der Waals surface area (Å²) in [6.07, 6.45) is 5.78. The number of thiocarbonyl (C=S) groups is 1. The molecule has 1 saturated carbocycles. The van der Waals surface area contributed by atoms with E-state index in [-0.39, 0.29) is 11.6 Å². The average Bonchev–Trinajstić information content (AvgIpc) is 2.96. The van der Waals surface area contributed by atoms with Gasteiger partial charge in [-0.2, -0.15) is 0 Å². The Labute approximate surface area is 177 Å². The Morgan fingerprint density at radius 1 is 1.11 bits per heavy atom. The van der Waals surface area contributed by atoms with Crippen molar-refractivity contribution in [2.45, 2.75) is 57.5 Å². The SMILES string of the molecule is Cc1ccc(Cl)cc1NC1=NC(=S)N(C(C)c2ccccc2)C12CCCCC2. The quantitative estimate of drug-likeness (QED) is 0.582. The van der Waals surface area contributed by atoms with Gasteiger partial charge in [0.05, 0.1) is 6.04 Å². The van der Waals surface area contributed by atoms with E-state index < -0.39 is 0 Å². The molecule has 3 nitrogen and oxygen atoms in total. The maximum Gasteiger partial charge on any atom is 0.198 e. The van der Waals surface area contributed by atoms with Gasteiger partial charge in [-0.15, -0.1) is 0 Å². The first-order valence-electron chi connectivity index (χ1n) is 10.0. The summed E-state index contributed by atoms with van der Waals surface area (Å²) in [6.45, 7) is 4.32. The van der Waals surface area contributed by atoms with Crippen molar-refractivity contribution >= 4 is 40.5 Å². The van der Waals surface area contributed by atoms with Gasteiger partial charge in [0.25, 0.3) is 0 Å². The van der Waals surface area contributed by atoms with Crippen molar-refractivity contribution in [1.29, 1.82) is 0 Å². The molecule has 28 heavy (non-hydrogen) atoms. The summed E-state index contributed by atoms with van der Waals surface area (Å²) in [5, 5.41) is 5.02. The summed E-state index contributed by atoms with van der Waals surface area (Å²) in [5.74, 6) is 0.977. The maximum absolute atomic E-state index is 6.25. The molecule has 1 atom stereocenters. The van der Waals surface area contributed by atoms with Gasteiger partial charge in [0.15, 0.2) is 5.11 Å². The number of hydrogen-bond donors (Lipinski definition) is 1. The second-order valence-corrected chi connectivity index (χ2v) is 8.68. The Balaban J connectivity index is 1.72. The molecule has 1 N–H and O–H groups in total. The molecule has 1 aliphatic carbocycles. The summed E-state index contributed by atoms with van der Waals surface area (Å²) < 4.78 is 0. The molecular weight excluding hydrogens is 386 g/mol. The molecule has 0 saturated heterocycles. The van der Waals surface area contributed by atoms with Gasteiger partial charge >= 0.3 is 0 Å². The summed E-state index contributed by atoms with van der Waals surface area (Å²) in [6, 6.07) is 16.7. The maximum atomic E-state index is 6.25. The zero-order chi connectivity index (χ0) is 19.7. The number of benzene rings is 2. The molecule has 1 aliphatic heterocycles. The van der Waals surface area contributed by atoms with Crippen molar-refractivity contribution in [1.82, 2.24) is 4.90 Å². The molecule has 1 fully saturated rings. The molecule has 146 valence electrons. The Morgan fingerprint density at radius 2 is 1.82 bits per heavy atom. The van der Waals surface area contributed by atoms with Gasteiger partial charge < -0.3 is 10.2 Å². The topological polar surface area (TPSA) is 27.6 Å². The third-order valence-electron chi connectivity index (χ3n) is 6.12. The Kier molecular flexibility index (Phi) is 5.44. The third kappa shape index (κ3) is 3.44. The predicted molar refractivity (Wildman–Crippen MR) is 122 cm³/mol. The third-order valence-corrected chi connectivity index (χ3v) is 6.64. The van der Waals surface area contributed by atoms with E-state index in [0.717, 1.165) is 35.0 Å². The minimum absolute atomic E-state index is 0.167. The van der Waals surface area contributed by atoms with Gasteiger partial charge in [0.2, 0.25) is 0 Å². The molecule has 1 spiro atoms. The van der Waals surface area contributed by atoms with Gasteiger partial charge in [-0.3, -0.25) is 0 Å². The molecular formula is C23H26ClN3S. The molecule has 2 aliphatic rings. The van der Waals surface area contributed by atoms with E-state index in [2.05, 4.69) is 54.4 Å². The lowest BCUT2D eigenvalue weighted by Crippen LogP contribution is -2.55. The number of nitrogens with one attached hydrogen (secondary N) is 1. The van der Waals surface area contributed by atoms with Crippen LogP contribution in [0.5, 0.6) is 0 Å². The van der Waals surface area contributed by atoms with Crippen molar-refractivity contribution in [3.8, 4) is 0 Å². The van der Waals surface area contributed by atoms with E-state index in [4.69, 9.17) is 28.8 Å². The molecule has 2 aromatic carbocycles. The summed E-state index contributed by atoms with van der Waals surface area (Å²) in [5.41, 5.74) is 3.26. The number of amidine groups is 1. The minimum atomic E-state index is -0.167. The Morgan fingerprint density at radius 3 is 2.54 bits per heavy atom. The fourth-order valence-electron chi connectivity index (χ4n) is 4.58.